The monoisotopic (exact) mass is 507 g/mol. The van der Waals surface area contributed by atoms with Crippen molar-refractivity contribution in [2.24, 2.45) is 0 Å². The lowest BCUT2D eigenvalue weighted by Gasteiger charge is -2.31. The Labute approximate surface area is 185 Å². The van der Waals surface area contributed by atoms with Crippen LogP contribution < -0.4 is 5.56 Å². The fourth-order valence-corrected chi connectivity index (χ4v) is 5.01. The maximum atomic E-state index is 13.2. The molecular formula is C19H19BrN5O5P. The van der Waals surface area contributed by atoms with Crippen molar-refractivity contribution >= 4 is 41.9 Å². The van der Waals surface area contributed by atoms with E-state index in [1.807, 2.05) is 37.3 Å². The van der Waals surface area contributed by atoms with E-state index in [9.17, 15) is 15.0 Å². The van der Waals surface area contributed by atoms with Crippen LogP contribution in [0.5, 0.6) is 0 Å². The van der Waals surface area contributed by atoms with Gasteiger partial charge in [0.05, 0.1) is 24.5 Å². The first-order valence-corrected chi connectivity index (χ1v) is 11.2. The van der Waals surface area contributed by atoms with Crippen LogP contribution in [0.3, 0.4) is 0 Å². The first-order chi connectivity index (χ1) is 15.0. The first kappa shape index (κ1) is 20.7. The predicted molar refractivity (Wildman–Crippen MR) is 118 cm³/mol. The Morgan fingerprint density at radius 3 is 2.87 bits per heavy atom. The van der Waals surface area contributed by atoms with Crippen molar-refractivity contribution in [3.05, 3.63) is 51.1 Å². The SMILES string of the molecule is Cc1c(-c2ccccc2)[nH]c2nc3c(nc(Br)n3CC(O)C3OPOCC3O)c(=O)n12. The number of aromatic nitrogens is 5. The van der Waals surface area contributed by atoms with Crippen molar-refractivity contribution in [3.63, 3.8) is 0 Å². The van der Waals surface area contributed by atoms with E-state index < -0.39 is 18.3 Å². The average molecular weight is 508 g/mol. The fourth-order valence-electron chi connectivity index (χ4n) is 3.79. The number of nitrogens with zero attached hydrogens (tertiary/aromatic N) is 4. The molecule has 1 aromatic carbocycles. The highest BCUT2D eigenvalue weighted by molar-refractivity contribution is 9.10. The number of H-pyrrole nitrogens is 1. The van der Waals surface area contributed by atoms with Gasteiger partial charge in [0.1, 0.15) is 18.3 Å². The summed E-state index contributed by atoms with van der Waals surface area (Å²) >= 11 is 3.36. The van der Waals surface area contributed by atoms with Crippen LogP contribution in [0.25, 0.3) is 28.2 Å². The zero-order chi connectivity index (χ0) is 21.7. The largest absolute Gasteiger partial charge is 0.388 e. The highest BCUT2D eigenvalue weighted by Crippen LogP contribution is 2.29. The molecule has 0 spiro atoms. The highest BCUT2D eigenvalue weighted by atomic mass is 79.9. The second kappa shape index (κ2) is 8.09. The maximum absolute atomic E-state index is 13.2. The summed E-state index contributed by atoms with van der Waals surface area (Å²) in [6.45, 7) is 1.97. The molecule has 3 aromatic heterocycles. The van der Waals surface area contributed by atoms with Crippen LogP contribution in [0, 0.1) is 6.92 Å². The highest BCUT2D eigenvalue weighted by Gasteiger charge is 2.33. The van der Waals surface area contributed by atoms with Gasteiger partial charge in [-0.3, -0.25) is 4.79 Å². The van der Waals surface area contributed by atoms with E-state index in [1.165, 1.54) is 4.40 Å². The van der Waals surface area contributed by atoms with Crippen LogP contribution in [0.2, 0.25) is 0 Å². The third-order valence-corrected chi connectivity index (χ3v) is 6.60. The molecule has 0 amide bonds. The second-order valence-electron chi connectivity index (χ2n) is 7.30. The molecule has 4 aromatic rings. The molecule has 1 aliphatic heterocycles. The normalized spacial score (nSPS) is 21.3. The Bertz CT molecular complexity index is 1320. The molecule has 12 heteroatoms. The van der Waals surface area contributed by atoms with Crippen LogP contribution in [0.4, 0.5) is 0 Å². The van der Waals surface area contributed by atoms with Gasteiger partial charge in [-0.25, -0.2) is 9.38 Å². The number of aromatic amines is 1. The number of hydrogen-bond acceptors (Lipinski definition) is 7. The molecular weight excluding hydrogens is 489 g/mol. The third-order valence-electron chi connectivity index (χ3n) is 5.35. The minimum absolute atomic E-state index is 0.0249. The van der Waals surface area contributed by atoms with Crippen LogP contribution >= 0.6 is 25.0 Å². The summed E-state index contributed by atoms with van der Waals surface area (Å²) in [5.74, 6) is 0.376. The number of rotatable bonds is 4. The van der Waals surface area contributed by atoms with Crippen molar-refractivity contribution < 1.29 is 19.3 Å². The summed E-state index contributed by atoms with van der Waals surface area (Å²) < 4.78 is 13.9. The topological polar surface area (TPSA) is 127 Å². The second-order valence-corrected chi connectivity index (χ2v) is 8.70. The molecule has 3 N–H and O–H groups in total. The number of aliphatic hydroxyl groups is 2. The Morgan fingerprint density at radius 1 is 1.35 bits per heavy atom. The van der Waals surface area contributed by atoms with E-state index in [0.717, 1.165) is 17.0 Å². The summed E-state index contributed by atoms with van der Waals surface area (Å²) in [7, 11) is -0.251. The summed E-state index contributed by atoms with van der Waals surface area (Å²) in [4.78, 5) is 25.4. The summed E-state index contributed by atoms with van der Waals surface area (Å²) in [6, 6.07) is 9.68. The Kier molecular flexibility index (Phi) is 5.41. The molecule has 4 unspecified atom stereocenters. The number of fused-ring (bicyclic) bond motifs is 2. The van der Waals surface area contributed by atoms with Gasteiger partial charge in [-0.2, -0.15) is 4.98 Å². The number of aliphatic hydroxyl groups excluding tert-OH is 2. The Morgan fingerprint density at radius 2 is 2.13 bits per heavy atom. The lowest BCUT2D eigenvalue weighted by molar-refractivity contribution is -0.0820. The van der Waals surface area contributed by atoms with Crippen molar-refractivity contribution in [1.82, 2.24) is 23.9 Å². The molecule has 1 saturated heterocycles. The fraction of sp³-hybridized carbons (Fsp3) is 0.316. The smallest absolute Gasteiger partial charge is 0.287 e. The lowest BCUT2D eigenvalue weighted by atomic mass is 10.1. The molecule has 0 aliphatic carbocycles. The van der Waals surface area contributed by atoms with Gasteiger partial charge >= 0.3 is 0 Å². The zero-order valence-corrected chi connectivity index (χ0v) is 18.9. The molecule has 162 valence electrons. The van der Waals surface area contributed by atoms with Crippen molar-refractivity contribution in [1.29, 1.82) is 0 Å². The summed E-state index contributed by atoms with van der Waals surface area (Å²) in [6.07, 6.45) is -2.81. The molecule has 4 heterocycles. The Hall–Kier alpha value is -2.14. The molecule has 1 aliphatic rings. The van der Waals surface area contributed by atoms with E-state index in [2.05, 4.69) is 30.9 Å². The minimum Gasteiger partial charge on any atom is -0.388 e. The van der Waals surface area contributed by atoms with Crippen LogP contribution in [-0.2, 0) is 15.6 Å². The van der Waals surface area contributed by atoms with Gasteiger partial charge in [-0.15, -0.1) is 0 Å². The molecule has 0 radical (unpaired) electrons. The van der Waals surface area contributed by atoms with E-state index in [-0.39, 0.29) is 33.3 Å². The molecule has 10 nitrogen and oxygen atoms in total. The van der Waals surface area contributed by atoms with E-state index in [0.29, 0.717) is 16.2 Å². The van der Waals surface area contributed by atoms with Crippen LogP contribution in [0.1, 0.15) is 5.69 Å². The maximum Gasteiger partial charge on any atom is 0.287 e. The van der Waals surface area contributed by atoms with Gasteiger partial charge < -0.3 is 28.8 Å². The van der Waals surface area contributed by atoms with Gasteiger partial charge in [0.15, 0.2) is 24.9 Å². The van der Waals surface area contributed by atoms with Gasteiger partial charge in [0, 0.05) is 0 Å². The van der Waals surface area contributed by atoms with E-state index in [1.54, 1.807) is 4.57 Å². The number of imidazole rings is 2. The van der Waals surface area contributed by atoms with Crippen LogP contribution in [-0.4, -0.2) is 59.1 Å². The van der Waals surface area contributed by atoms with E-state index in [4.69, 9.17) is 9.05 Å². The third kappa shape index (κ3) is 3.51. The van der Waals surface area contributed by atoms with E-state index >= 15 is 0 Å². The standard InChI is InChI=1S/C19H19BrN5O5P/c1-9-13(10-5-3-2-4-6-10)22-19-23-16-14(17(28)25(9)19)21-18(20)24(16)7-11(26)15-12(27)8-29-31-30-15/h2-6,11-12,15,26-27,31H,7-8H2,1H3,(H,22,23). The summed E-state index contributed by atoms with van der Waals surface area (Å²) in [5.41, 5.74) is 2.64. The number of aryl methyl sites for hydroxylation is 1. The van der Waals surface area contributed by atoms with Crippen LogP contribution in [0.15, 0.2) is 39.9 Å². The predicted octanol–water partition coefficient (Wildman–Crippen LogP) is 1.76. The Balaban J connectivity index is 1.61. The molecule has 0 bridgehead atoms. The van der Waals surface area contributed by atoms with Gasteiger partial charge in [0.2, 0.25) is 5.78 Å². The molecule has 1 fully saturated rings. The average Bonchev–Trinajstić information content (AvgIpc) is 3.26. The van der Waals surface area contributed by atoms with Gasteiger partial charge in [-0.05, 0) is 28.4 Å². The van der Waals surface area contributed by atoms with Crippen molar-refractivity contribution in [2.75, 3.05) is 6.61 Å². The molecule has 0 saturated carbocycles. The van der Waals surface area contributed by atoms with Gasteiger partial charge in [-0.1, -0.05) is 30.3 Å². The number of benzene rings is 1. The molecule has 5 rings (SSSR count). The quantitative estimate of drug-likeness (QED) is 0.283. The lowest BCUT2D eigenvalue weighted by Crippen LogP contribution is -2.44. The molecule has 31 heavy (non-hydrogen) atoms. The molecule has 4 atom stereocenters. The van der Waals surface area contributed by atoms with Crippen molar-refractivity contribution in [2.45, 2.75) is 31.8 Å². The first-order valence-electron chi connectivity index (χ1n) is 9.56. The number of halogens is 1. The van der Waals surface area contributed by atoms with Crippen molar-refractivity contribution in [3.8, 4) is 11.3 Å². The number of hydrogen-bond donors (Lipinski definition) is 3. The summed E-state index contributed by atoms with van der Waals surface area (Å²) in [5, 5.41) is 20.7. The zero-order valence-electron chi connectivity index (χ0n) is 16.3. The van der Waals surface area contributed by atoms with Gasteiger partial charge in [0.25, 0.3) is 5.56 Å². The minimum atomic E-state index is -1.05. The number of nitrogens with one attached hydrogen (secondary N) is 1.